The molecule has 0 radical (unpaired) electrons. The molecule has 0 spiro atoms. The molecular weight excluding hydrogens is 1370 g/mol. The van der Waals surface area contributed by atoms with E-state index < -0.39 is 67.8 Å². The van der Waals surface area contributed by atoms with Crippen LogP contribution in [0.15, 0.2) is 0 Å². The van der Waals surface area contributed by atoms with Crippen LogP contribution in [0, 0.1) is 27.6 Å². The summed E-state index contributed by atoms with van der Waals surface area (Å²) < 4.78 is 49.9. The largest absolute Gasteiger partial charge is 1.00 e. The summed E-state index contributed by atoms with van der Waals surface area (Å²) in [6.45, 7) is 25.5. The predicted octanol–water partition coefficient (Wildman–Crippen LogP) is 2.95. The van der Waals surface area contributed by atoms with Crippen LogP contribution in [0.1, 0.15) is 118 Å². The van der Waals surface area contributed by atoms with Gasteiger partial charge in [0.15, 0.2) is 30.6 Å². The van der Waals surface area contributed by atoms with Crippen LogP contribution >= 0.6 is 81.4 Å². The monoisotopic (exact) mass is 1430 g/mol. The number of hydrogen-bond acceptors (Lipinski definition) is 19. The number of esters is 4. The van der Waals surface area contributed by atoms with E-state index in [0.29, 0.717) is 13.2 Å². The fourth-order valence-corrected chi connectivity index (χ4v) is 3.10. The number of carboxylic acid groups (broad SMARTS) is 1. The molecule has 388 valence electrons. The Morgan fingerprint density at radius 3 is 1.22 bits per heavy atom. The minimum absolute atomic E-state index is 0. The SMILES string of the molecule is BrBr.CC(=O)C(C)(C)C(=O)CBr.CC(=O)OCC(=O)C(C)(C)C(C)=O.CC(=O)[O-].CC1(C)C(=O)COC1=O.CCOC(=O)C(C)(C)C(C)=O.CCOC(=O)C(C)C(C)=O.II.O=S(=O)(O)O.[K+]. The second-order valence-corrected chi connectivity index (χ2v) is 16.1. The Labute approximate surface area is 483 Å². The summed E-state index contributed by atoms with van der Waals surface area (Å²) in [4.78, 5) is 128. The number of carbonyl (C=O) groups excluding carboxylic acids is 12. The van der Waals surface area contributed by atoms with Crippen LogP contribution in [-0.4, -0.2) is 120 Å². The maximum Gasteiger partial charge on any atom is 1.00 e. The number of ketones is 7. The fraction of sp³-hybridized carbons (Fsp3) is 0.692. The standard InChI is InChI=1S/C9H14O4.C8H14O3.C7H11BrO2.C7H12O3.C6H8O3.C2H4O2.Br2.I2.K.H2O4S/c1-6(10)9(3,4)8(12)5-13-7(2)11;1-5-11-7(10)8(3,4)6(2)9;1-5(9)7(2,3)6(10)4-8;1-4-10-7(9)5(2)6(3)8;1-6(2)4(7)3-9-5(6)8;1-2(3)4;2*1-2;;1-5(2,3)4/h5H2,1-4H3;5H2,1-4H3;4H2,1-3H3;5H,4H2,1-3H3;3H2,1-2H3;1H3,(H,3,4);;;;(H2,1,2,3,4)/q;;;;;;;;+1;/p-1. The van der Waals surface area contributed by atoms with Crippen LogP contribution in [0.5, 0.6) is 0 Å². The molecule has 67 heavy (non-hydrogen) atoms. The van der Waals surface area contributed by atoms with Gasteiger partial charge in [-0.1, -0.05) is 15.9 Å². The number of carbonyl (C=O) groups is 12. The van der Waals surface area contributed by atoms with Gasteiger partial charge in [0.2, 0.25) is 0 Å². The third-order valence-electron chi connectivity index (χ3n) is 8.14. The summed E-state index contributed by atoms with van der Waals surface area (Å²) >= 11 is 12.8. The van der Waals surface area contributed by atoms with Gasteiger partial charge in [-0.2, -0.15) is 8.42 Å². The van der Waals surface area contributed by atoms with Crippen molar-refractivity contribution in [3.8, 4) is 0 Å². The van der Waals surface area contributed by atoms with Crippen molar-refractivity contribution in [2.24, 2.45) is 27.6 Å². The molecule has 1 aliphatic rings. The average molecular weight is 1430 g/mol. The molecule has 1 heterocycles. The molecule has 1 rings (SSSR count). The van der Waals surface area contributed by atoms with Gasteiger partial charge >= 0.3 is 85.7 Å². The Kier molecular flexibility index (Phi) is 58.3. The van der Waals surface area contributed by atoms with Gasteiger partial charge in [0.05, 0.1) is 29.4 Å². The molecule has 1 saturated heterocycles. The summed E-state index contributed by atoms with van der Waals surface area (Å²) in [6, 6.07) is 0. The zero-order chi connectivity index (χ0) is 55.4. The average Bonchev–Trinajstić information content (AvgIpc) is 3.42. The van der Waals surface area contributed by atoms with E-state index in [1.54, 1.807) is 62.3 Å². The first-order valence-electron chi connectivity index (χ1n) is 18.5. The number of alkyl halides is 1. The molecule has 21 nitrogen and oxygen atoms in total. The number of aliphatic carboxylic acids is 1. The Morgan fingerprint density at radius 2 is 1.04 bits per heavy atom. The van der Waals surface area contributed by atoms with Crippen LogP contribution in [-0.2, 0) is 86.9 Å². The van der Waals surface area contributed by atoms with E-state index in [0.717, 1.165) is 6.92 Å². The van der Waals surface area contributed by atoms with Crippen LogP contribution in [0.2, 0.25) is 0 Å². The second kappa shape index (κ2) is 45.3. The summed E-state index contributed by atoms with van der Waals surface area (Å²) in [5.74, 6) is -4.73. The fourth-order valence-electron chi connectivity index (χ4n) is 2.40. The number of ether oxygens (including phenoxy) is 4. The van der Waals surface area contributed by atoms with E-state index in [9.17, 15) is 52.7 Å². The van der Waals surface area contributed by atoms with Crippen molar-refractivity contribution in [2.45, 2.75) is 118 Å². The van der Waals surface area contributed by atoms with Crippen molar-refractivity contribution in [1.29, 1.82) is 0 Å². The molecule has 1 fully saturated rings. The quantitative estimate of drug-likeness (QED) is 0.0509. The third-order valence-corrected chi connectivity index (χ3v) is 8.65. The van der Waals surface area contributed by atoms with Crippen molar-refractivity contribution in [3.63, 3.8) is 0 Å². The van der Waals surface area contributed by atoms with Crippen LogP contribution in [0.3, 0.4) is 0 Å². The minimum atomic E-state index is -4.67. The van der Waals surface area contributed by atoms with Gasteiger partial charge in [0, 0.05) is 78.4 Å². The van der Waals surface area contributed by atoms with Gasteiger partial charge in [-0.15, -0.1) is 0 Å². The summed E-state index contributed by atoms with van der Waals surface area (Å²) in [5.41, 5.74) is -3.76. The summed E-state index contributed by atoms with van der Waals surface area (Å²) in [5, 5.41) is 9.14. The molecule has 28 heteroatoms. The van der Waals surface area contributed by atoms with Crippen molar-refractivity contribution in [1.82, 2.24) is 0 Å². The molecule has 2 N–H and O–H groups in total. The maximum atomic E-state index is 11.3. The number of cyclic esters (lactones) is 1. The maximum absolute atomic E-state index is 11.3. The Morgan fingerprint density at radius 1 is 0.731 bits per heavy atom. The second-order valence-electron chi connectivity index (χ2n) is 14.7. The van der Waals surface area contributed by atoms with Crippen LogP contribution in [0.25, 0.3) is 0 Å². The Balaban J connectivity index is -0.0000000841. The van der Waals surface area contributed by atoms with Gasteiger partial charge < -0.3 is 28.8 Å². The first-order valence-corrected chi connectivity index (χ1v) is 31.0. The molecule has 0 aromatic rings. The zero-order valence-electron chi connectivity index (χ0n) is 41.1. The van der Waals surface area contributed by atoms with Crippen molar-refractivity contribution in [3.05, 3.63) is 0 Å². The number of rotatable bonds is 13. The van der Waals surface area contributed by atoms with Crippen molar-refractivity contribution < 1.29 is 150 Å². The van der Waals surface area contributed by atoms with Gasteiger partial charge in [0.1, 0.15) is 39.9 Å². The molecule has 0 aromatic heterocycles. The smallest absolute Gasteiger partial charge is 0.550 e. The summed E-state index contributed by atoms with van der Waals surface area (Å²) in [7, 11) is -4.67. The normalized spacial score (nSPS) is 12.1. The predicted molar refractivity (Wildman–Crippen MR) is 267 cm³/mol. The van der Waals surface area contributed by atoms with Gasteiger partial charge in [-0.05, 0) is 111 Å². The minimum Gasteiger partial charge on any atom is -0.550 e. The van der Waals surface area contributed by atoms with E-state index >= 15 is 0 Å². The van der Waals surface area contributed by atoms with E-state index in [-0.39, 0.29) is 110 Å². The number of halogens is 5. The molecule has 0 bridgehead atoms. The molecule has 1 aliphatic heterocycles. The van der Waals surface area contributed by atoms with E-state index in [4.69, 9.17) is 32.2 Å². The molecule has 1 atom stereocenters. The zero-order valence-corrected chi connectivity index (χ0v) is 54.1. The molecule has 1 unspecified atom stereocenters. The first kappa shape index (κ1) is 86.2. The Hall–Kier alpha value is -0.554. The molecule has 0 amide bonds. The number of carboxylic acids is 1. The van der Waals surface area contributed by atoms with Gasteiger partial charge in [-0.25, -0.2) is 0 Å². The van der Waals surface area contributed by atoms with E-state index in [2.05, 4.69) is 95.6 Å². The molecular formula is C39H64Br3I2KO21S. The molecule has 0 aromatic carbocycles. The number of Topliss-reactive ketones (excluding diaryl/α,β-unsaturated/α-hetero) is 7. The summed E-state index contributed by atoms with van der Waals surface area (Å²) in [6.07, 6.45) is 0. The van der Waals surface area contributed by atoms with Crippen molar-refractivity contribution in [2.75, 3.05) is 31.8 Å². The van der Waals surface area contributed by atoms with Crippen LogP contribution < -0.4 is 56.5 Å². The van der Waals surface area contributed by atoms with Crippen LogP contribution in [0.4, 0.5) is 0 Å². The van der Waals surface area contributed by atoms with Gasteiger partial charge in [-0.3, -0.25) is 61.8 Å². The molecule has 0 saturated carbocycles. The molecule has 0 aliphatic carbocycles. The van der Waals surface area contributed by atoms with Crippen molar-refractivity contribution >= 4 is 162 Å². The third kappa shape index (κ3) is 48.8. The Bertz CT molecular complexity index is 1690. The number of hydrogen-bond donors (Lipinski definition) is 2. The first-order chi connectivity index (χ1) is 29.5. The topological polar surface area (TPSA) is 339 Å². The van der Waals surface area contributed by atoms with Gasteiger partial charge in [0.25, 0.3) is 0 Å². The van der Waals surface area contributed by atoms with E-state index in [1.807, 2.05) is 0 Å². The van der Waals surface area contributed by atoms with E-state index in [1.165, 1.54) is 48.5 Å².